The second-order valence-electron chi connectivity index (χ2n) is 5.99. The normalized spacial score (nSPS) is 18.6. The van der Waals surface area contributed by atoms with Crippen LogP contribution in [0.25, 0.3) is 6.08 Å². The van der Waals surface area contributed by atoms with Gasteiger partial charge in [0.1, 0.15) is 6.10 Å². The van der Waals surface area contributed by atoms with Crippen LogP contribution in [0.2, 0.25) is 0 Å². The zero-order valence-electron chi connectivity index (χ0n) is 14.7. The smallest absolute Gasteiger partial charge is 0.165 e. The van der Waals surface area contributed by atoms with E-state index in [9.17, 15) is 10.2 Å². The van der Waals surface area contributed by atoms with Crippen LogP contribution in [0.4, 0.5) is 0 Å². The molecular formula is C20H22O6. The summed E-state index contributed by atoms with van der Waals surface area (Å²) in [5.74, 6) is 1.24. The molecule has 0 fully saturated rings. The molecule has 1 heterocycles. The Labute approximate surface area is 151 Å². The predicted molar refractivity (Wildman–Crippen MR) is 97.0 cm³/mol. The van der Waals surface area contributed by atoms with Gasteiger partial charge in [0.2, 0.25) is 0 Å². The summed E-state index contributed by atoms with van der Waals surface area (Å²) < 4.78 is 16.7. The Bertz CT molecular complexity index is 814. The van der Waals surface area contributed by atoms with Crippen molar-refractivity contribution in [3.05, 3.63) is 53.1 Å². The Balaban J connectivity index is 2.04. The fraction of sp³-hybridized carbons (Fsp3) is 0.300. The maximum atomic E-state index is 10.00. The summed E-state index contributed by atoms with van der Waals surface area (Å²) >= 11 is 0. The number of phenols is 1. The minimum atomic E-state index is -0.435. The molecule has 2 aromatic rings. The van der Waals surface area contributed by atoms with Crippen molar-refractivity contribution in [1.82, 2.24) is 0 Å². The molecule has 0 amide bonds. The van der Waals surface area contributed by atoms with E-state index in [0.717, 1.165) is 16.7 Å². The van der Waals surface area contributed by atoms with Gasteiger partial charge in [0.15, 0.2) is 23.0 Å². The van der Waals surface area contributed by atoms with Gasteiger partial charge < -0.3 is 29.5 Å². The van der Waals surface area contributed by atoms with Crippen LogP contribution in [0.1, 0.15) is 28.7 Å². The number of fused-ring (bicyclic) bond motifs is 1. The zero-order chi connectivity index (χ0) is 18.7. The molecule has 2 atom stereocenters. The van der Waals surface area contributed by atoms with Crippen molar-refractivity contribution in [3.8, 4) is 23.0 Å². The van der Waals surface area contributed by atoms with Gasteiger partial charge in [-0.3, -0.25) is 0 Å². The van der Waals surface area contributed by atoms with E-state index in [1.807, 2.05) is 12.1 Å². The first-order chi connectivity index (χ1) is 12.6. The molecular weight excluding hydrogens is 336 g/mol. The highest BCUT2D eigenvalue weighted by molar-refractivity contribution is 5.62. The molecule has 6 nitrogen and oxygen atoms in total. The van der Waals surface area contributed by atoms with Gasteiger partial charge in [0.25, 0.3) is 0 Å². The molecule has 0 saturated heterocycles. The SMILES string of the molecule is COc1cc([C@H]2Oc3c(OC)cc(C=CCO)cc3[C@H]2CO)ccc1O. The minimum absolute atomic E-state index is 0.0429. The summed E-state index contributed by atoms with van der Waals surface area (Å²) in [5, 5.41) is 28.8. The number of phenolic OH excluding ortho intramolecular Hbond substituents is 1. The fourth-order valence-electron chi connectivity index (χ4n) is 3.22. The predicted octanol–water partition coefficient (Wildman–Crippen LogP) is 2.62. The van der Waals surface area contributed by atoms with E-state index in [4.69, 9.17) is 19.3 Å². The number of aromatic hydroxyl groups is 1. The second-order valence-corrected chi connectivity index (χ2v) is 5.99. The van der Waals surface area contributed by atoms with Gasteiger partial charge in [-0.15, -0.1) is 0 Å². The number of benzene rings is 2. The Kier molecular flexibility index (Phi) is 5.35. The van der Waals surface area contributed by atoms with Gasteiger partial charge in [0, 0.05) is 5.56 Å². The molecule has 3 rings (SSSR count). The van der Waals surface area contributed by atoms with Gasteiger partial charge in [-0.05, 0) is 35.4 Å². The van der Waals surface area contributed by atoms with Gasteiger partial charge >= 0.3 is 0 Å². The first kappa shape index (κ1) is 18.1. The van der Waals surface area contributed by atoms with E-state index < -0.39 is 6.10 Å². The number of aliphatic hydroxyl groups excluding tert-OH is 2. The molecule has 0 unspecified atom stereocenters. The lowest BCUT2D eigenvalue weighted by Gasteiger charge is -2.18. The van der Waals surface area contributed by atoms with Crippen LogP contribution >= 0.6 is 0 Å². The van der Waals surface area contributed by atoms with Crippen molar-refractivity contribution in [2.45, 2.75) is 12.0 Å². The van der Waals surface area contributed by atoms with Crippen molar-refractivity contribution >= 4 is 6.08 Å². The molecule has 0 radical (unpaired) electrons. The lowest BCUT2D eigenvalue weighted by Crippen LogP contribution is -2.13. The molecule has 0 spiro atoms. The number of ether oxygens (including phenoxy) is 3. The quantitative estimate of drug-likeness (QED) is 0.736. The summed E-state index contributed by atoms with van der Waals surface area (Å²) in [6.45, 7) is -0.174. The van der Waals surface area contributed by atoms with Gasteiger partial charge in [0.05, 0.1) is 33.4 Å². The molecule has 1 aliphatic heterocycles. The second kappa shape index (κ2) is 7.68. The van der Waals surface area contributed by atoms with Crippen LogP contribution in [0, 0.1) is 0 Å². The Hall–Kier alpha value is -2.70. The van der Waals surface area contributed by atoms with Crippen LogP contribution in [0.3, 0.4) is 0 Å². The van der Waals surface area contributed by atoms with Gasteiger partial charge in [-0.1, -0.05) is 18.2 Å². The maximum absolute atomic E-state index is 10.00. The number of aliphatic hydroxyl groups is 2. The molecule has 0 bridgehead atoms. The van der Waals surface area contributed by atoms with E-state index in [2.05, 4.69) is 0 Å². The third kappa shape index (κ3) is 3.21. The molecule has 0 aromatic heterocycles. The first-order valence-electron chi connectivity index (χ1n) is 8.26. The molecule has 2 aromatic carbocycles. The van der Waals surface area contributed by atoms with Crippen LogP contribution in [-0.4, -0.2) is 42.8 Å². The lowest BCUT2D eigenvalue weighted by molar-refractivity contribution is 0.157. The van der Waals surface area contributed by atoms with Crippen LogP contribution in [0.5, 0.6) is 23.0 Å². The molecule has 3 N–H and O–H groups in total. The van der Waals surface area contributed by atoms with Crippen molar-refractivity contribution in [2.24, 2.45) is 0 Å². The number of rotatable bonds is 6. The van der Waals surface area contributed by atoms with Crippen LogP contribution in [-0.2, 0) is 0 Å². The maximum Gasteiger partial charge on any atom is 0.165 e. The Morgan fingerprint density at radius 1 is 1.08 bits per heavy atom. The van der Waals surface area contributed by atoms with E-state index in [1.54, 1.807) is 37.5 Å². The summed E-state index contributed by atoms with van der Waals surface area (Å²) in [5.41, 5.74) is 2.46. The van der Waals surface area contributed by atoms with Gasteiger partial charge in [-0.25, -0.2) is 0 Å². The largest absolute Gasteiger partial charge is 0.504 e. The van der Waals surface area contributed by atoms with Crippen molar-refractivity contribution in [2.75, 3.05) is 27.4 Å². The van der Waals surface area contributed by atoms with E-state index in [1.165, 1.54) is 7.11 Å². The zero-order valence-corrected chi connectivity index (χ0v) is 14.7. The summed E-state index contributed by atoms with van der Waals surface area (Å²) in [6.07, 6.45) is 2.98. The molecule has 26 heavy (non-hydrogen) atoms. The Morgan fingerprint density at radius 2 is 1.85 bits per heavy atom. The topological polar surface area (TPSA) is 88.4 Å². The average Bonchev–Trinajstić information content (AvgIpc) is 3.04. The Morgan fingerprint density at radius 3 is 2.50 bits per heavy atom. The third-order valence-corrected chi connectivity index (χ3v) is 4.48. The minimum Gasteiger partial charge on any atom is -0.504 e. The summed E-state index contributed by atoms with van der Waals surface area (Å²) in [7, 11) is 3.04. The monoisotopic (exact) mass is 358 g/mol. The lowest BCUT2D eigenvalue weighted by atomic mass is 9.90. The molecule has 6 heteroatoms. The molecule has 0 aliphatic carbocycles. The highest BCUT2D eigenvalue weighted by Gasteiger charge is 2.37. The highest BCUT2D eigenvalue weighted by atomic mass is 16.5. The van der Waals surface area contributed by atoms with Crippen molar-refractivity contribution in [1.29, 1.82) is 0 Å². The van der Waals surface area contributed by atoms with Gasteiger partial charge in [-0.2, -0.15) is 0 Å². The average molecular weight is 358 g/mol. The third-order valence-electron chi connectivity index (χ3n) is 4.48. The molecule has 1 aliphatic rings. The first-order valence-corrected chi connectivity index (χ1v) is 8.26. The fourth-order valence-corrected chi connectivity index (χ4v) is 3.22. The highest BCUT2D eigenvalue weighted by Crippen LogP contribution is 2.51. The standard InChI is InChI=1S/C20H22O6/c1-24-17-10-13(5-6-16(17)23)19-15(11-22)14-8-12(4-3-7-21)9-18(25-2)20(14)26-19/h3-6,8-10,15,19,21-23H,7,11H2,1-2H3/t15-,19-/m1/s1. The number of methoxy groups -OCH3 is 2. The summed E-state index contributed by atoms with van der Waals surface area (Å²) in [6, 6.07) is 8.73. The van der Waals surface area contributed by atoms with Crippen LogP contribution in [0.15, 0.2) is 36.4 Å². The summed E-state index contributed by atoms with van der Waals surface area (Å²) in [4.78, 5) is 0. The number of hydrogen-bond donors (Lipinski definition) is 3. The van der Waals surface area contributed by atoms with Crippen LogP contribution < -0.4 is 14.2 Å². The molecule has 0 saturated carbocycles. The van der Waals surface area contributed by atoms with E-state index >= 15 is 0 Å². The number of hydrogen-bond acceptors (Lipinski definition) is 6. The van der Waals surface area contributed by atoms with E-state index in [-0.39, 0.29) is 24.9 Å². The van der Waals surface area contributed by atoms with E-state index in [0.29, 0.717) is 17.2 Å². The van der Waals surface area contributed by atoms with Crippen molar-refractivity contribution < 1.29 is 29.5 Å². The van der Waals surface area contributed by atoms with Crippen molar-refractivity contribution in [3.63, 3.8) is 0 Å². The molecule has 138 valence electrons.